The zero-order valence-corrected chi connectivity index (χ0v) is 15.6. The first kappa shape index (κ1) is 16.4. The van der Waals surface area contributed by atoms with E-state index in [-0.39, 0.29) is 0 Å². The van der Waals surface area contributed by atoms with Crippen molar-refractivity contribution in [3.05, 3.63) is 65.7 Å². The van der Waals surface area contributed by atoms with Crippen molar-refractivity contribution in [2.24, 2.45) is 7.05 Å². The van der Waals surface area contributed by atoms with E-state index in [2.05, 4.69) is 41.6 Å². The van der Waals surface area contributed by atoms with Gasteiger partial charge in [0, 0.05) is 40.6 Å². The topological polar surface area (TPSA) is 59.4 Å². The highest BCUT2D eigenvalue weighted by Gasteiger charge is 2.17. The van der Waals surface area contributed by atoms with Gasteiger partial charge in [-0.15, -0.1) is 0 Å². The fraction of sp³-hybridized carbons (Fsp3) is 0.150. The third kappa shape index (κ3) is 2.67. The molecule has 5 nitrogen and oxygen atoms in total. The molecule has 128 valence electrons. The van der Waals surface area contributed by atoms with Gasteiger partial charge < -0.3 is 4.57 Å². The van der Waals surface area contributed by atoms with Crippen LogP contribution in [0.25, 0.3) is 17.0 Å². The average molecular weight is 359 g/mol. The van der Waals surface area contributed by atoms with Crippen molar-refractivity contribution in [3.8, 4) is 12.0 Å². The van der Waals surface area contributed by atoms with Gasteiger partial charge in [-0.3, -0.25) is 9.55 Å². The summed E-state index contributed by atoms with van der Waals surface area (Å²) in [6.45, 7) is 4.11. The second-order valence-corrected chi connectivity index (χ2v) is 7.31. The minimum absolute atomic E-state index is 0.623. The Bertz CT molecular complexity index is 1130. The van der Waals surface area contributed by atoms with Crippen LogP contribution in [0.5, 0.6) is 0 Å². The van der Waals surface area contributed by atoms with Crippen molar-refractivity contribution in [2.75, 3.05) is 0 Å². The number of nitriles is 1. The summed E-state index contributed by atoms with van der Waals surface area (Å²) < 4.78 is 4.10. The molecular weight excluding hydrogens is 342 g/mol. The van der Waals surface area contributed by atoms with Gasteiger partial charge in [0.25, 0.3) is 0 Å². The molecular formula is C20H17N5S. The Morgan fingerprint density at radius 2 is 1.85 bits per heavy atom. The first-order valence-electron chi connectivity index (χ1n) is 8.22. The Morgan fingerprint density at radius 3 is 2.50 bits per heavy atom. The number of hydrogen-bond acceptors (Lipinski definition) is 4. The molecule has 3 aromatic heterocycles. The van der Waals surface area contributed by atoms with Crippen molar-refractivity contribution < 1.29 is 0 Å². The largest absolute Gasteiger partial charge is 0.312 e. The highest BCUT2D eigenvalue weighted by molar-refractivity contribution is 7.99. The lowest BCUT2D eigenvalue weighted by Crippen LogP contribution is -2.06. The van der Waals surface area contributed by atoms with Gasteiger partial charge in [0.15, 0.2) is 0 Å². The van der Waals surface area contributed by atoms with E-state index in [4.69, 9.17) is 4.98 Å². The van der Waals surface area contributed by atoms with Crippen LogP contribution in [-0.4, -0.2) is 19.1 Å². The summed E-state index contributed by atoms with van der Waals surface area (Å²) >= 11 is 1.58. The lowest BCUT2D eigenvalue weighted by atomic mass is 10.2. The Kier molecular flexibility index (Phi) is 4.02. The summed E-state index contributed by atoms with van der Waals surface area (Å²) in [6, 6.07) is 14.3. The summed E-state index contributed by atoms with van der Waals surface area (Å²) in [5.74, 6) is 0.819. The highest BCUT2D eigenvalue weighted by atomic mass is 32.2. The summed E-state index contributed by atoms with van der Waals surface area (Å²) in [6.07, 6.45) is 3.57. The highest BCUT2D eigenvalue weighted by Crippen LogP contribution is 2.32. The summed E-state index contributed by atoms with van der Waals surface area (Å²) in [5, 5.41) is 9.68. The molecule has 6 heteroatoms. The Balaban J connectivity index is 1.89. The van der Waals surface area contributed by atoms with Gasteiger partial charge in [0.1, 0.15) is 6.07 Å². The maximum atomic E-state index is 9.68. The molecule has 0 aliphatic rings. The second-order valence-electron chi connectivity index (χ2n) is 6.16. The summed E-state index contributed by atoms with van der Waals surface area (Å²) in [7, 11) is 1.96. The van der Waals surface area contributed by atoms with Crippen molar-refractivity contribution >= 4 is 22.8 Å². The van der Waals surface area contributed by atoms with Crippen molar-refractivity contribution in [1.29, 1.82) is 5.26 Å². The number of pyridine rings is 1. The molecule has 26 heavy (non-hydrogen) atoms. The van der Waals surface area contributed by atoms with E-state index in [1.54, 1.807) is 18.0 Å². The minimum Gasteiger partial charge on any atom is -0.312 e. The minimum atomic E-state index is 0.623. The molecule has 0 N–H and O–H groups in total. The van der Waals surface area contributed by atoms with Gasteiger partial charge in [0.2, 0.25) is 5.95 Å². The predicted molar refractivity (Wildman–Crippen MR) is 103 cm³/mol. The van der Waals surface area contributed by atoms with Gasteiger partial charge >= 0.3 is 0 Å². The molecule has 4 rings (SSSR count). The molecule has 0 bridgehead atoms. The number of hydrogen-bond donors (Lipinski definition) is 0. The monoisotopic (exact) mass is 359 g/mol. The van der Waals surface area contributed by atoms with Gasteiger partial charge in [-0.05, 0) is 50.2 Å². The lowest BCUT2D eigenvalue weighted by Gasteiger charge is -2.09. The lowest BCUT2D eigenvalue weighted by molar-refractivity contribution is 0.806. The van der Waals surface area contributed by atoms with Crippen LogP contribution in [0.1, 0.15) is 17.0 Å². The molecule has 4 aromatic rings. The molecule has 0 fully saturated rings. The van der Waals surface area contributed by atoms with Crippen LogP contribution in [0.3, 0.4) is 0 Å². The quantitative estimate of drug-likeness (QED) is 0.544. The average Bonchev–Trinajstić information content (AvgIpc) is 3.14. The molecule has 0 radical (unpaired) electrons. The fourth-order valence-electron chi connectivity index (χ4n) is 3.19. The zero-order valence-electron chi connectivity index (χ0n) is 14.8. The summed E-state index contributed by atoms with van der Waals surface area (Å²) in [4.78, 5) is 11.0. The van der Waals surface area contributed by atoms with E-state index in [1.807, 2.05) is 42.1 Å². The molecule has 0 saturated heterocycles. The molecule has 0 atom stereocenters. The number of benzene rings is 1. The Hall–Kier alpha value is -3.04. The standard InChI is InChI=1S/C20H17N5S/c1-13-6-7-14(2)25(13)20-23-18-10-17(26-16-5-4-8-22-12-16)9-15(11-21)19(18)24(20)3/h4-10,12H,1-3H3. The van der Waals surface area contributed by atoms with E-state index in [9.17, 15) is 5.26 Å². The van der Waals surface area contributed by atoms with Crippen molar-refractivity contribution in [1.82, 2.24) is 19.1 Å². The molecule has 0 aliphatic carbocycles. The number of imidazole rings is 1. The SMILES string of the molecule is Cc1ccc(C)n1-c1nc2cc(Sc3cccnc3)cc(C#N)c2n1C. The normalized spacial score (nSPS) is 11.0. The van der Waals surface area contributed by atoms with E-state index >= 15 is 0 Å². The van der Waals surface area contributed by atoms with Crippen LogP contribution in [0.4, 0.5) is 0 Å². The molecule has 0 aliphatic heterocycles. The molecule has 0 saturated carbocycles. The second kappa shape index (κ2) is 6.36. The predicted octanol–water partition coefficient (Wildman–Crippen LogP) is 4.40. The van der Waals surface area contributed by atoms with E-state index in [1.165, 1.54) is 0 Å². The molecule has 0 amide bonds. The number of fused-ring (bicyclic) bond motifs is 1. The first-order chi connectivity index (χ1) is 12.6. The Labute approximate surface area is 155 Å². The van der Waals surface area contributed by atoms with Gasteiger partial charge in [0.05, 0.1) is 16.6 Å². The fourth-order valence-corrected chi connectivity index (χ4v) is 4.07. The first-order valence-corrected chi connectivity index (χ1v) is 9.04. The van der Waals surface area contributed by atoms with Crippen LogP contribution in [0, 0.1) is 25.2 Å². The zero-order chi connectivity index (χ0) is 18.3. The maximum absolute atomic E-state index is 9.68. The molecule has 1 aromatic carbocycles. The number of aromatic nitrogens is 4. The van der Waals surface area contributed by atoms with Crippen LogP contribution >= 0.6 is 11.8 Å². The Morgan fingerprint density at radius 1 is 1.08 bits per heavy atom. The number of aryl methyl sites for hydroxylation is 3. The number of rotatable bonds is 3. The van der Waals surface area contributed by atoms with Gasteiger partial charge in [-0.2, -0.15) is 5.26 Å². The maximum Gasteiger partial charge on any atom is 0.215 e. The van der Waals surface area contributed by atoms with Crippen LogP contribution < -0.4 is 0 Å². The molecule has 0 unspecified atom stereocenters. The van der Waals surface area contributed by atoms with Crippen LogP contribution in [0.15, 0.2) is 58.6 Å². The smallest absolute Gasteiger partial charge is 0.215 e. The molecule has 0 spiro atoms. The van der Waals surface area contributed by atoms with E-state index < -0.39 is 0 Å². The van der Waals surface area contributed by atoms with Gasteiger partial charge in [-0.1, -0.05) is 11.8 Å². The van der Waals surface area contributed by atoms with Crippen molar-refractivity contribution in [2.45, 2.75) is 23.6 Å². The molecule has 3 heterocycles. The third-order valence-corrected chi connectivity index (χ3v) is 5.33. The van der Waals surface area contributed by atoms with Crippen LogP contribution in [-0.2, 0) is 7.05 Å². The van der Waals surface area contributed by atoms with Crippen LogP contribution in [0.2, 0.25) is 0 Å². The van der Waals surface area contributed by atoms with E-state index in [0.29, 0.717) is 5.56 Å². The van der Waals surface area contributed by atoms with E-state index in [0.717, 1.165) is 38.2 Å². The summed E-state index contributed by atoms with van der Waals surface area (Å²) in [5.41, 5.74) is 4.53. The van der Waals surface area contributed by atoms with Gasteiger partial charge in [-0.25, -0.2) is 4.98 Å². The van der Waals surface area contributed by atoms with Crippen molar-refractivity contribution in [3.63, 3.8) is 0 Å². The number of nitrogens with zero attached hydrogens (tertiary/aromatic N) is 5. The third-order valence-electron chi connectivity index (χ3n) is 4.38.